The Balaban J connectivity index is 0.00000121. The molecular weight excluding hydrogens is 186 g/mol. The van der Waals surface area contributed by atoms with Crippen LogP contribution in [-0.2, 0) is 0 Å². The van der Waals surface area contributed by atoms with Crippen LogP contribution in [0.3, 0.4) is 0 Å². The van der Waals surface area contributed by atoms with Gasteiger partial charge in [0.15, 0.2) is 0 Å². The maximum absolute atomic E-state index is 9.10. The SMILES string of the molecule is Cl.O[C@@H]1[C@@H](O)[C@@H](O)CNC[C@H]1O. The smallest absolute Gasteiger partial charge is 0.110 e. The predicted molar refractivity (Wildman–Crippen MR) is 44.1 cm³/mol. The zero-order chi connectivity index (χ0) is 8.43. The van der Waals surface area contributed by atoms with Crippen molar-refractivity contribution < 1.29 is 20.4 Å². The summed E-state index contributed by atoms with van der Waals surface area (Å²) in [5.41, 5.74) is 0. The van der Waals surface area contributed by atoms with E-state index in [1.807, 2.05) is 0 Å². The quantitative estimate of drug-likeness (QED) is 0.296. The summed E-state index contributed by atoms with van der Waals surface area (Å²) in [6.45, 7) is 0.380. The average molecular weight is 200 g/mol. The second-order valence-corrected chi connectivity index (χ2v) is 2.77. The largest absolute Gasteiger partial charge is 0.389 e. The van der Waals surface area contributed by atoms with Gasteiger partial charge in [-0.1, -0.05) is 0 Å². The molecule has 0 bridgehead atoms. The highest BCUT2D eigenvalue weighted by Gasteiger charge is 2.32. The predicted octanol–water partition coefficient (Wildman–Crippen LogP) is -2.54. The van der Waals surface area contributed by atoms with Crippen LogP contribution >= 0.6 is 12.4 Å². The first-order valence-corrected chi connectivity index (χ1v) is 3.56. The van der Waals surface area contributed by atoms with E-state index in [1.165, 1.54) is 0 Å². The topological polar surface area (TPSA) is 93.0 Å². The third kappa shape index (κ3) is 2.55. The van der Waals surface area contributed by atoms with E-state index in [0.717, 1.165) is 0 Å². The summed E-state index contributed by atoms with van der Waals surface area (Å²) in [5.74, 6) is 0. The van der Waals surface area contributed by atoms with E-state index >= 15 is 0 Å². The molecule has 0 amide bonds. The number of nitrogens with one attached hydrogen (secondary N) is 1. The van der Waals surface area contributed by atoms with E-state index in [9.17, 15) is 0 Å². The van der Waals surface area contributed by atoms with Crippen LogP contribution < -0.4 is 5.32 Å². The maximum atomic E-state index is 9.10. The van der Waals surface area contributed by atoms with Crippen molar-refractivity contribution in [3.8, 4) is 0 Å². The van der Waals surface area contributed by atoms with Crippen molar-refractivity contribution in [2.24, 2.45) is 0 Å². The number of aliphatic hydroxyl groups excluding tert-OH is 4. The zero-order valence-corrected chi connectivity index (χ0v) is 7.24. The van der Waals surface area contributed by atoms with Crippen LogP contribution in [0.1, 0.15) is 0 Å². The van der Waals surface area contributed by atoms with Gasteiger partial charge in [0, 0.05) is 13.1 Å². The Morgan fingerprint density at radius 3 is 1.50 bits per heavy atom. The van der Waals surface area contributed by atoms with Gasteiger partial charge in [-0.05, 0) is 0 Å². The van der Waals surface area contributed by atoms with Gasteiger partial charge in [0.05, 0.1) is 12.2 Å². The molecule has 0 aromatic rings. The molecule has 1 saturated heterocycles. The van der Waals surface area contributed by atoms with Crippen molar-refractivity contribution in [1.29, 1.82) is 0 Å². The van der Waals surface area contributed by atoms with E-state index in [4.69, 9.17) is 20.4 Å². The van der Waals surface area contributed by atoms with Crippen LogP contribution in [0.25, 0.3) is 0 Å². The van der Waals surface area contributed by atoms with Gasteiger partial charge >= 0.3 is 0 Å². The maximum Gasteiger partial charge on any atom is 0.110 e. The van der Waals surface area contributed by atoms with Crippen LogP contribution in [0.5, 0.6) is 0 Å². The number of β-amino-alcohol motifs (C(OH)–C–C–N with tert-alkyl or cyclic N) is 2. The molecular formula is C6H14ClNO4. The lowest BCUT2D eigenvalue weighted by atomic mass is 10.1. The minimum atomic E-state index is -1.26. The molecule has 1 aliphatic heterocycles. The monoisotopic (exact) mass is 199 g/mol. The molecule has 0 radical (unpaired) electrons. The molecule has 6 heteroatoms. The third-order valence-electron chi connectivity index (χ3n) is 1.85. The number of aliphatic hydroxyl groups is 4. The summed E-state index contributed by atoms with van der Waals surface area (Å²) in [4.78, 5) is 0. The minimum absolute atomic E-state index is 0. The second kappa shape index (κ2) is 4.96. The third-order valence-corrected chi connectivity index (χ3v) is 1.85. The van der Waals surface area contributed by atoms with Crippen molar-refractivity contribution in [3.63, 3.8) is 0 Å². The summed E-state index contributed by atoms with van der Waals surface area (Å²) in [6, 6.07) is 0. The molecule has 1 heterocycles. The van der Waals surface area contributed by atoms with Crippen molar-refractivity contribution in [1.82, 2.24) is 5.32 Å². The molecule has 0 unspecified atom stereocenters. The van der Waals surface area contributed by atoms with E-state index < -0.39 is 24.4 Å². The molecule has 1 fully saturated rings. The lowest BCUT2D eigenvalue weighted by molar-refractivity contribution is -0.0894. The van der Waals surface area contributed by atoms with Crippen LogP contribution in [0.4, 0.5) is 0 Å². The minimum Gasteiger partial charge on any atom is -0.389 e. The summed E-state index contributed by atoms with van der Waals surface area (Å²) in [7, 11) is 0. The van der Waals surface area contributed by atoms with Gasteiger partial charge in [-0.15, -0.1) is 12.4 Å². The first kappa shape index (κ1) is 12.1. The zero-order valence-electron chi connectivity index (χ0n) is 6.42. The molecule has 0 aromatic carbocycles. The normalized spacial score (nSPS) is 43.0. The Morgan fingerprint density at radius 2 is 1.17 bits per heavy atom. The summed E-state index contributed by atoms with van der Waals surface area (Å²) < 4.78 is 0. The highest BCUT2D eigenvalue weighted by Crippen LogP contribution is 2.07. The number of hydrogen-bond donors (Lipinski definition) is 5. The number of rotatable bonds is 0. The van der Waals surface area contributed by atoms with Crippen LogP contribution in [0.2, 0.25) is 0 Å². The molecule has 12 heavy (non-hydrogen) atoms. The fourth-order valence-corrected chi connectivity index (χ4v) is 1.08. The Hall–Kier alpha value is 0.0900. The van der Waals surface area contributed by atoms with Crippen molar-refractivity contribution in [2.75, 3.05) is 13.1 Å². The highest BCUT2D eigenvalue weighted by atomic mass is 35.5. The molecule has 4 atom stereocenters. The van der Waals surface area contributed by atoms with Crippen LogP contribution in [0.15, 0.2) is 0 Å². The molecule has 0 aromatic heterocycles. The molecule has 0 spiro atoms. The second-order valence-electron chi connectivity index (χ2n) is 2.77. The van der Waals surface area contributed by atoms with Gasteiger partial charge in [0.25, 0.3) is 0 Å². The molecule has 74 valence electrons. The first-order chi connectivity index (χ1) is 5.13. The Morgan fingerprint density at radius 1 is 0.833 bits per heavy atom. The van der Waals surface area contributed by atoms with Gasteiger partial charge < -0.3 is 25.7 Å². The van der Waals surface area contributed by atoms with Gasteiger partial charge in [0.1, 0.15) is 12.2 Å². The van der Waals surface area contributed by atoms with Crippen molar-refractivity contribution >= 4 is 12.4 Å². The van der Waals surface area contributed by atoms with Gasteiger partial charge in [-0.25, -0.2) is 0 Å². The molecule has 5 nitrogen and oxygen atoms in total. The van der Waals surface area contributed by atoms with Crippen molar-refractivity contribution in [2.45, 2.75) is 24.4 Å². The standard InChI is InChI=1S/C6H13NO4.ClH/c8-3-1-7-2-4(9)6(11)5(3)10;/h3-11H,1-2H2;1H/t3-,4+,5-,6-;/m0./s1. The van der Waals surface area contributed by atoms with Gasteiger partial charge in [0.2, 0.25) is 0 Å². The lowest BCUT2D eigenvalue weighted by Gasteiger charge is -2.21. The molecule has 0 aliphatic carbocycles. The lowest BCUT2D eigenvalue weighted by Crippen LogP contribution is -2.43. The first-order valence-electron chi connectivity index (χ1n) is 3.56. The number of hydrogen-bond acceptors (Lipinski definition) is 5. The van der Waals surface area contributed by atoms with E-state index in [1.54, 1.807) is 0 Å². The molecule has 1 aliphatic rings. The summed E-state index contributed by atoms with van der Waals surface area (Å²) in [6.07, 6.45) is -4.55. The van der Waals surface area contributed by atoms with Crippen molar-refractivity contribution in [3.05, 3.63) is 0 Å². The Kier molecular flexibility index (Phi) is 5.00. The van der Waals surface area contributed by atoms with Gasteiger partial charge in [-0.3, -0.25) is 0 Å². The van der Waals surface area contributed by atoms with E-state index in [2.05, 4.69) is 5.32 Å². The average Bonchev–Trinajstić information content (AvgIpc) is 2.07. The molecule has 1 rings (SSSR count). The summed E-state index contributed by atoms with van der Waals surface area (Å²) >= 11 is 0. The van der Waals surface area contributed by atoms with E-state index in [-0.39, 0.29) is 25.5 Å². The fraction of sp³-hybridized carbons (Fsp3) is 1.00. The fourth-order valence-electron chi connectivity index (χ4n) is 1.08. The summed E-state index contributed by atoms with van der Waals surface area (Å²) in [5, 5.41) is 39.0. The molecule has 5 N–H and O–H groups in total. The number of halogens is 1. The molecule has 0 saturated carbocycles. The Bertz CT molecular complexity index is 123. The Labute approximate surface area is 76.4 Å². The van der Waals surface area contributed by atoms with Crippen LogP contribution in [0, 0.1) is 0 Å². The van der Waals surface area contributed by atoms with Crippen LogP contribution in [-0.4, -0.2) is 57.9 Å². The van der Waals surface area contributed by atoms with Gasteiger partial charge in [-0.2, -0.15) is 0 Å². The highest BCUT2D eigenvalue weighted by molar-refractivity contribution is 5.85. The van der Waals surface area contributed by atoms with E-state index in [0.29, 0.717) is 0 Å².